The van der Waals surface area contributed by atoms with Crippen molar-refractivity contribution in [2.24, 2.45) is 0 Å². The molecule has 0 amide bonds. The van der Waals surface area contributed by atoms with Crippen molar-refractivity contribution in [3.8, 4) is 0 Å². The first-order valence-corrected chi connectivity index (χ1v) is 18.7. The third-order valence-electron chi connectivity index (χ3n) is 3.96. The van der Waals surface area contributed by atoms with E-state index in [4.69, 9.17) is 13.3 Å². The van der Waals surface area contributed by atoms with Crippen LogP contribution in [-0.4, -0.2) is 66.5 Å². The van der Waals surface area contributed by atoms with Crippen molar-refractivity contribution in [3.63, 3.8) is 0 Å². The Morgan fingerprint density at radius 3 is 1.83 bits per heavy atom. The molecule has 0 aliphatic carbocycles. The predicted octanol–water partition coefficient (Wildman–Crippen LogP) is 4.03. The third-order valence-corrected chi connectivity index (χ3v) is 16.3. The van der Waals surface area contributed by atoms with Crippen molar-refractivity contribution < 1.29 is 13.3 Å². The summed E-state index contributed by atoms with van der Waals surface area (Å²) in [6.07, 6.45) is 1.04. The fourth-order valence-corrected chi connectivity index (χ4v) is 21.0. The monoisotopic (exact) mass is 395 g/mol. The molecule has 0 aromatic rings. The quantitative estimate of drug-likeness (QED) is 0.607. The van der Waals surface area contributed by atoms with Crippen LogP contribution in [0.4, 0.5) is 0 Å². The molecule has 4 nitrogen and oxygen atoms in total. The van der Waals surface area contributed by atoms with E-state index in [2.05, 4.69) is 57.4 Å². The number of hydrogen-bond donors (Lipinski definition) is 0. The SMILES string of the molecule is CCO[Si]1(C(CC)N([Si](C)(C)C)[Si](C)(C)C)OCCSCCO1. The summed E-state index contributed by atoms with van der Waals surface area (Å²) in [5, 5.41) is 0. The fourth-order valence-electron chi connectivity index (χ4n) is 3.73. The summed E-state index contributed by atoms with van der Waals surface area (Å²) in [5.41, 5.74) is 0.295. The molecule has 1 unspecified atom stereocenters. The van der Waals surface area contributed by atoms with Crippen LogP contribution in [0.3, 0.4) is 0 Å². The lowest BCUT2D eigenvalue weighted by atomic mass is 10.5. The third kappa shape index (κ3) is 5.95. The lowest BCUT2D eigenvalue weighted by Crippen LogP contribution is -2.73. The Balaban J connectivity index is 3.26. The van der Waals surface area contributed by atoms with Gasteiger partial charge in [0, 0.05) is 31.3 Å². The van der Waals surface area contributed by atoms with Crippen LogP contribution in [-0.2, 0) is 13.3 Å². The van der Waals surface area contributed by atoms with Crippen LogP contribution in [0.1, 0.15) is 20.3 Å². The van der Waals surface area contributed by atoms with Gasteiger partial charge in [0.25, 0.3) is 0 Å². The van der Waals surface area contributed by atoms with Gasteiger partial charge in [-0.3, -0.25) is 0 Å². The Hall–Kier alpha value is 0.841. The minimum atomic E-state index is -2.70. The number of rotatable bonds is 7. The van der Waals surface area contributed by atoms with Crippen molar-refractivity contribution in [2.75, 3.05) is 31.3 Å². The first-order chi connectivity index (χ1) is 10.6. The topological polar surface area (TPSA) is 30.9 Å². The molecule has 8 heteroatoms. The van der Waals surface area contributed by atoms with Gasteiger partial charge in [-0.05, 0) is 13.3 Å². The van der Waals surface area contributed by atoms with Gasteiger partial charge < -0.3 is 17.5 Å². The van der Waals surface area contributed by atoms with E-state index in [1.807, 2.05) is 11.8 Å². The molecule has 0 N–H and O–H groups in total. The van der Waals surface area contributed by atoms with Crippen molar-refractivity contribution >= 4 is 37.0 Å². The summed E-state index contributed by atoms with van der Waals surface area (Å²) in [6.45, 7) is 21.2. The van der Waals surface area contributed by atoms with Crippen molar-refractivity contribution in [3.05, 3.63) is 0 Å². The highest BCUT2D eigenvalue weighted by Gasteiger charge is 2.56. The van der Waals surface area contributed by atoms with E-state index in [0.29, 0.717) is 12.3 Å². The van der Waals surface area contributed by atoms with Gasteiger partial charge in [-0.15, -0.1) is 0 Å². The molecule has 0 radical (unpaired) electrons. The summed E-state index contributed by atoms with van der Waals surface area (Å²) in [5.74, 6) is 2.09. The normalized spacial score (nSPS) is 21.8. The minimum Gasteiger partial charge on any atom is -0.373 e. The second-order valence-electron chi connectivity index (χ2n) is 7.98. The van der Waals surface area contributed by atoms with E-state index in [0.717, 1.165) is 31.1 Å². The van der Waals surface area contributed by atoms with E-state index in [1.54, 1.807) is 0 Å². The smallest absolute Gasteiger partial charge is 0.373 e. The number of hydrogen-bond acceptors (Lipinski definition) is 5. The Bertz CT molecular complexity index is 339. The van der Waals surface area contributed by atoms with Gasteiger partial charge in [0.15, 0.2) is 0 Å². The summed E-state index contributed by atoms with van der Waals surface area (Å²) >= 11 is 1.91. The summed E-state index contributed by atoms with van der Waals surface area (Å²) in [4.78, 5) is 0. The second kappa shape index (κ2) is 8.98. The highest BCUT2D eigenvalue weighted by Crippen LogP contribution is 2.32. The first kappa shape index (κ1) is 21.9. The Morgan fingerprint density at radius 2 is 1.48 bits per heavy atom. The summed E-state index contributed by atoms with van der Waals surface area (Å²) in [6, 6.07) is 0. The lowest BCUT2D eigenvalue weighted by Gasteiger charge is -2.52. The maximum absolute atomic E-state index is 6.41. The Labute approximate surface area is 151 Å². The molecule has 23 heavy (non-hydrogen) atoms. The van der Waals surface area contributed by atoms with Crippen LogP contribution in [0.2, 0.25) is 39.3 Å². The van der Waals surface area contributed by atoms with E-state index in [-0.39, 0.29) is 0 Å². The maximum Gasteiger partial charge on any atom is 0.517 e. The van der Waals surface area contributed by atoms with Gasteiger partial charge in [-0.25, -0.2) is 0 Å². The molecule has 1 aliphatic heterocycles. The van der Waals surface area contributed by atoms with Gasteiger partial charge in [0.2, 0.25) is 0 Å². The van der Waals surface area contributed by atoms with E-state index >= 15 is 0 Å². The van der Waals surface area contributed by atoms with E-state index in [1.165, 1.54) is 0 Å². The average molecular weight is 396 g/mol. The van der Waals surface area contributed by atoms with Gasteiger partial charge in [0.05, 0.1) is 5.67 Å². The molecule has 0 aromatic heterocycles. The van der Waals surface area contributed by atoms with Crippen molar-refractivity contribution in [1.82, 2.24) is 4.23 Å². The summed E-state index contributed by atoms with van der Waals surface area (Å²) < 4.78 is 22.0. The Kier molecular flexibility index (Phi) is 8.54. The van der Waals surface area contributed by atoms with Crippen LogP contribution in [0.25, 0.3) is 0 Å². The molecule has 1 heterocycles. The van der Waals surface area contributed by atoms with Gasteiger partial charge in [-0.2, -0.15) is 11.8 Å². The average Bonchev–Trinajstić information content (AvgIpc) is 2.36. The fraction of sp³-hybridized carbons (Fsp3) is 1.00. The van der Waals surface area contributed by atoms with Crippen LogP contribution >= 0.6 is 11.8 Å². The maximum atomic E-state index is 6.41. The molecule has 0 aromatic carbocycles. The molecule has 0 spiro atoms. The zero-order valence-corrected chi connectivity index (χ0v) is 20.2. The van der Waals surface area contributed by atoms with Crippen LogP contribution < -0.4 is 0 Å². The van der Waals surface area contributed by atoms with E-state index in [9.17, 15) is 0 Å². The first-order valence-electron chi connectivity index (χ1n) is 8.87. The molecule has 0 bridgehead atoms. The largest absolute Gasteiger partial charge is 0.517 e. The zero-order chi connectivity index (χ0) is 17.7. The second-order valence-corrected chi connectivity index (χ2v) is 22.0. The van der Waals surface area contributed by atoms with Crippen LogP contribution in [0.15, 0.2) is 0 Å². The molecule has 1 atom stereocenters. The van der Waals surface area contributed by atoms with Crippen LogP contribution in [0, 0.1) is 0 Å². The molecular formula is C15H37NO3SSi3. The number of thioether (sulfide) groups is 1. The molecular weight excluding hydrogens is 358 g/mol. The van der Waals surface area contributed by atoms with Crippen molar-refractivity contribution in [2.45, 2.75) is 65.2 Å². The molecule has 138 valence electrons. The van der Waals surface area contributed by atoms with Crippen LogP contribution in [0.5, 0.6) is 0 Å². The zero-order valence-electron chi connectivity index (χ0n) is 16.4. The lowest BCUT2D eigenvalue weighted by molar-refractivity contribution is 0.0519. The van der Waals surface area contributed by atoms with E-state index < -0.39 is 25.3 Å². The van der Waals surface area contributed by atoms with Gasteiger partial charge in [-0.1, -0.05) is 46.2 Å². The van der Waals surface area contributed by atoms with Gasteiger partial charge >= 0.3 is 8.80 Å². The molecule has 1 saturated heterocycles. The molecule has 1 rings (SSSR count). The summed E-state index contributed by atoms with van der Waals surface area (Å²) in [7, 11) is -5.72. The minimum absolute atomic E-state index is 0.295. The molecule has 1 fully saturated rings. The Morgan fingerprint density at radius 1 is 1.00 bits per heavy atom. The standard InChI is InChI=1S/C15H37NO3SSi3/c1-9-15(16(21(3,4)5)22(6,7)8)23(17-10-2)18-11-13-20-14-12-19-23/h15H,9-14H2,1-8H3. The van der Waals surface area contributed by atoms with Gasteiger partial charge in [0.1, 0.15) is 16.5 Å². The molecule has 1 aliphatic rings. The highest BCUT2D eigenvalue weighted by atomic mass is 32.2. The number of nitrogens with zero attached hydrogens (tertiary/aromatic N) is 1. The predicted molar refractivity (Wildman–Crippen MR) is 109 cm³/mol. The van der Waals surface area contributed by atoms with Crippen molar-refractivity contribution in [1.29, 1.82) is 0 Å². The highest BCUT2D eigenvalue weighted by molar-refractivity contribution is 7.99. The molecule has 0 saturated carbocycles.